The van der Waals surface area contributed by atoms with Crippen molar-refractivity contribution in [2.45, 2.75) is 13.8 Å². The lowest BCUT2D eigenvalue weighted by molar-refractivity contribution is 0.191. The van der Waals surface area contributed by atoms with Crippen molar-refractivity contribution in [2.24, 2.45) is 0 Å². The molecule has 3 aromatic rings. The number of hydrogen-bond acceptors (Lipinski definition) is 10. The SMILES string of the molecule is CC.OCCNc1nc(Nc2ccc(Nc3ncc(F)c(OCCO)n3)cc2)ncc1Br. The van der Waals surface area contributed by atoms with Crippen molar-refractivity contribution in [1.82, 2.24) is 19.9 Å². The number of nitrogens with one attached hydrogen (secondary N) is 3. The van der Waals surface area contributed by atoms with Crippen LogP contribution in [0.3, 0.4) is 0 Å². The Hall–Kier alpha value is -3.09. The van der Waals surface area contributed by atoms with Crippen molar-refractivity contribution in [3.63, 3.8) is 0 Å². The van der Waals surface area contributed by atoms with Crippen molar-refractivity contribution in [1.29, 1.82) is 0 Å². The van der Waals surface area contributed by atoms with Gasteiger partial charge in [0.2, 0.25) is 17.7 Å². The lowest BCUT2D eigenvalue weighted by Crippen LogP contribution is -2.09. The fourth-order valence-electron chi connectivity index (χ4n) is 2.28. The molecule has 0 bridgehead atoms. The number of benzene rings is 1. The average molecular weight is 510 g/mol. The third kappa shape index (κ3) is 7.55. The standard InChI is InChI=1S/C18H19BrFN7O3.C2H6/c19-13-9-22-17(26-15(13)21-5-6-28)24-11-1-3-12(4-2-11)25-18-23-10-14(20)16(27-18)30-8-7-29;1-2/h1-4,9-10,28-29H,5-8H2,(H,23,25,27)(H2,21,22,24,26);1-2H3. The number of aliphatic hydroxyl groups excluding tert-OH is 2. The molecule has 3 rings (SSSR count). The second-order valence-corrected chi connectivity index (χ2v) is 6.64. The number of ether oxygens (including phenoxy) is 1. The summed E-state index contributed by atoms with van der Waals surface area (Å²) in [5.41, 5.74) is 1.41. The fraction of sp³-hybridized carbons (Fsp3) is 0.300. The zero-order valence-corrected chi connectivity index (χ0v) is 19.2. The van der Waals surface area contributed by atoms with Gasteiger partial charge in [-0.2, -0.15) is 14.4 Å². The van der Waals surface area contributed by atoms with E-state index in [0.29, 0.717) is 28.5 Å². The normalized spacial score (nSPS) is 10.1. The van der Waals surface area contributed by atoms with E-state index in [2.05, 4.69) is 51.8 Å². The van der Waals surface area contributed by atoms with Crippen LogP contribution in [0, 0.1) is 5.82 Å². The second-order valence-electron chi connectivity index (χ2n) is 5.79. The molecule has 2 aromatic heterocycles. The first-order chi connectivity index (χ1) is 15.6. The summed E-state index contributed by atoms with van der Waals surface area (Å²) in [6.07, 6.45) is 2.60. The van der Waals surface area contributed by atoms with E-state index in [1.54, 1.807) is 30.5 Å². The maximum atomic E-state index is 13.6. The molecule has 0 aliphatic carbocycles. The maximum Gasteiger partial charge on any atom is 0.255 e. The summed E-state index contributed by atoms with van der Waals surface area (Å²) >= 11 is 3.35. The number of halogens is 2. The summed E-state index contributed by atoms with van der Waals surface area (Å²) in [5.74, 6) is 0.147. The monoisotopic (exact) mass is 509 g/mol. The van der Waals surface area contributed by atoms with Gasteiger partial charge in [0.15, 0.2) is 0 Å². The minimum Gasteiger partial charge on any atom is -0.473 e. The third-order valence-corrected chi connectivity index (χ3v) is 4.17. The third-order valence-electron chi connectivity index (χ3n) is 3.59. The minimum atomic E-state index is -0.712. The Morgan fingerprint density at radius 2 is 1.53 bits per heavy atom. The summed E-state index contributed by atoms with van der Waals surface area (Å²) < 4.78 is 19.3. The minimum absolute atomic E-state index is 0.0134. The van der Waals surface area contributed by atoms with Crippen molar-refractivity contribution >= 4 is 45.0 Å². The van der Waals surface area contributed by atoms with Crippen molar-refractivity contribution < 1.29 is 19.3 Å². The van der Waals surface area contributed by atoms with E-state index in [1.807, 2.05) is 13.8 Å². The molecule has 0 spiro atoms. The summed E-state index contributed by atoms with van der Waals surface area (Å²) in [5, 5.41) is 26.7. The van der Waals surface area contributed by atoms with Gasteiger partial charge < -0.3 is 30.9 Å². The first-order valence-electron chi connectivity index (χ1n) is 9.86. The molecule has 0 atom stereocenters. The van der Waals surface area contributed by atoms with Crippen LogP contribution in [0.4, 0.5) is 33.5 Å². The summed E-state index contributed by atoms with van der Waals surface area (Å²) in [6, 6.07) is 7.13. The molecule has 172 valence electrons. The molecular weight excluding hydrogens is 485 g/mol. The highest BCUT2D eigenvalue weighted by Gasteiger charge is 2.09. The lowest BCUT2D eigenvalue weighted by Gasteiger charge is -2.11. The van der Waals surface area contributed by atoms with E-state index in [4.69, 9.17) is 14.9 Å². The Bertz CT molecular complexity index is 901. The Labute approximate surface area is 193 Å². The number of nitrogens with zero attached hydrogens (tertiary/aromatic N) is 4. The van der Waals surface area contributed by atoms with Gasteiger partial charge in [-0.3, -0.25) is 0 Å². The molecule has 0 amide bonds. The van der Waals surface area contributed by atoms with Crippen LogP contribution in [-0.4, -0.2) is 56.5 Å². The lowest BCUT2D eigenvalue weighted by atomic mass is 10.3. The van der Waals surface area contributed by atoms with Gasteiger partial charge in [-0.1, -0.05) is 13.8 Å². The fourth-order valence-corrected chi connectivity index (χ4v) is 2.61. The van der Waals surface area contributed by atoms with Gasteiger partial charge in [0.1, 0.15) is 12.4 Å². The molecule has 2 heterocycles. The Kier molecular flexibility index (Phi) is 10.5. The Morgan fingerprint density at radius 3 is 2.12 bits per heavy atom. The second kappa shape index (κ2) is 13.3. The van der Waals surface area contributed by atoms with Gasteiger partial charge in [-0.25, -0.2) is 9.97 Å². The topological polar surface area (TPSA) is 137 Å². The molecule has 0 aliphatic heterocycles. The molecule has 0 saturated heterocycles. The first-order valence-corrected chi connectivity index (χ1v) is 10.7. The van der Waals surface area contributed by atoms with Gasteiger partial charge in [0.25, 0.3) is 5.88 Å². The molecule has 0 saturated carbocycles. The van der Waals surface area contributed by atoms with Gasteiger partial charge in [0, 0.05) is 24.1 Å². The molecule has 0 aliphatic rings. The highest BCUT2D eigenvalue weighted by Crippen LogP contribution is 2.23. The molecular formula is C20H25BrFN7O3. The van der Waals surface area contributed by atoms with Gasteiger partial charge in [0.05, 0.1) is 23.9 Å². The van der Waals surface area contributed by atoms with Crippen LogP contribution in [0.25, 0.3) is 0 Å². The van der Waals surface area contributed by atoms with E-state index in [-0.39, 0.29) is 31.6 Å². The van der Waals surface area contributed by atoms with Crippen molar-refractivity contribution in [3.8, 4) is 5.88 Å². The van der Waals surface area contributed by atoms with Gasteiger partial charge in [-0.05, 0) is 40.2 Å². The Morgan fingerprint density at radius 1 is 0.938 bits per heavy atom. The van der Waals surface area contributed by atoms with Crippen LogP contribution >= 0.6 is 15.9 Å². The van der Waals surface area contributed by atoms with Crippen LogP contribution in [0.1, 0.15) is 13.8 Å². The highest BCUT2D eigenvalue weighted by molar-refractivity contribution is 9.10. The number of aromatic nitrogens is 4. The van der Waals surface area contributed by atoms with E-state index < -0.39 is 5.82 Å². The predicted octanol–water partition coefficient (Wildman–Crippen LogP) is 3.46. The molecule has 5 N–H and O–H groups in total. The van der Waals surface area contributed by atoms with Crippen LogP contribution in [0.5, 0.6) is 5.88 Å². The maximum absolute atomic E-state index is 13.6. The first kappa shape index (κ1) is 25.2. The average Bonchev–Trinajstić information content (AvgIpc) is 2.82. The molecule has 0 unspecified atom stereocenters. The van der Waals surface area contributed by atoms with E-state index >= 15 is 0 Å². The van der Waals surface area contributed by atoms with Crippen LogP contribution in [0.2, 0.25) is 0 Å². The van der Waals surface area contributed by atoms with Crippen molar-refractivity contribution in [3.05, 3.63) is 46.9 Å². The summed E-state index contributed by atoms with van der Waals surface area (Å²) in [4.78, 5) is 16.4. The molecule has 12 heteroatoms. The highest BCUT2D eigenvalue weighted by atomic mass is 79.9. The summed E-state index contributed by atoms with van der Waals surface area (Å²) in [6.45, 7) is 4.04. The van der Waals surface area contributed by atoms with Crippen LogP contribution in [0.15, 0.2) is 41.1 Å². The quantitative estimate of drug-likeness (QED) is 0.276. The number of anilines is 5. The molecule has 0 fully saturated rings. The predicted molar refractivity (Wildman–Crippen MR) is 124 cm³/mol. The largest absolute Gasteiger partial charge is 0.473 e. The van der Waals surface area contributed by atoms with Crippen LogP contribution < -0.4 is 20.7 Å². The van der Waals surface area contributed by atoms with Gasteiger partial charge in [-0.15, -0.1) is 0 Å². The van der Waals surface area contributed by atoms with Crippen molar-refractivity contribution in [2.75, 3.05) is 42.3 Å². The van der Waals surface area contributed by atoms with E-state index in [9.17, 15) is 4.39 Å². The molecule has 1 aromatic carbocycles. The van der Waals surface area contributed by atoms with E-state index in [1.165, 1.54) is 0 Å². The van der Waals surface area contributed by atoms with E-state index in [0.717, 1.165) is 11.9 Å². The zero-order valence-electron chi connectivity index (χ0n) is 17.6. The number of hydrogen-bond donors (Lipinski definition) is 5. The Balaban J connectivity index is 0.00000176. The smallest absolute Gasteiger partial charge is 0.255 e. The zero-order chi connectivity index (χ0) is 23.3. The number of aliphatic hydroxyl groups is 2. The molecule has 32 heavy (non-hydrogen) atoms. The number of rotatable bonds is 10. The van der Waals surface area contributed by atoms with Crippen LogP contribution in [-0.2, 0) is 0 Å². The van der Waals surface area contributed by atoms with Gasteiger partial charge >= 0.3 is 0 Å². The molecule has 0 radical (unpaired) electrons. The summed E-state index contributed by atoms with van der Waals surface area (Å²) in [7, 11) is 0. The molecule has 10 nitrogen and oxygen atoms in total.